The number of nitrogens with one attached hydrogen (secondary N) is 1. The molecule has 4 rings (SSSR count). The Kier molecular flexibility index (Phi) is 4.76. The van der Waals surface area contributed by atoms with E-state index in [4.69, 9.17) is 4.74 Å². The van der Waals surface area contributed by atoms with Gasteiger partial charge in [-0.1, -0.05) is 6.07 Å². The highest BCUT2D eigenvalue weighted by atomic mass is 16.5. The predicted molar refractivity (Wildman–Crippen MR) is 92.9 cm³/mol. The molecule has 6 nitrogen and oxygen atoms in total. The first kappa shape index (κ1) is 15.6. The SMILES string of the molecule is c1ccc(NCc2cnc3n2CCN(CC2CCOC2)CC3)nc1. The van der Waals surface area contributed by atoms with Crippen molar-refractivity contribution in [3.8, 4) is 0 Å². The first-order valence-electron chi connectivity index (χ1n) is 8.87. The highest BCUT2D eigenvalue weighted by molar-refractivity contribution is 5.33. The molecule has 1 atom stereocenters. The third-order valence-corrected chi connectivity index (χ3v) is 4.97. The van der Waals surface area contributed by atoms with Crippen LogP contribution < -0.4 is 5.32 Å². The Morgan fingerprint density at radius 3 is 3.04 bits per heavy atom. The van der Waals surface area contributed by atoms with Gasteiger partial charge in [0.15, 0.2) is 0 Å². The summed E-state index contributed by atoms with van der Waals surface area (Å²) in [5.74, 6) is 2.82. The van der Waals surface area contributed by atoms with Crippen molar-refractivity contribution in [2.75, 3.05) is 38.2 Å². The molecule has 0 amide bonds. The number of nitrogens with zero attached hydrogens (tertiary/aromatic N) is 4. The van der Waals surface area contributed by atoms with Gasteiger partial charge in [0, 0.05) is 45.4 Å². The lowest BCUT2D eigenvalue weighted by molar-refractivity contribution is 0.167. The lowest BCUT2D eigenvalue weighted by atomic mass is 10.1. The Bertz CT molecular complexity index is 651. The Morgan fingerprint density at radius 1 is 1.21 bits per heavy atom. The number of aromatic nitrogens is 3. The normalized spacial score (nSPS) is 21.4. The van der Waals surface area contributed by atoms with Gasteiger partial charge < -0.3 is 19.5 Å². The van der Waals surface area contributed by atoms with E-state index in [1.807, 2.05) is 30.6 Å². The minimum Gasteiger partial charge on any atom is -0.381 e. The van der Waals surface area contributed by atoms with Crippen molar-refractivity contribution < 1.29 is 4.74 Å². The summed E-state index contributed by atoms with van der Waals surface area (Å²) >= 11 is 0. The van der Waals surface area contributed by atoms with Gasteiger partial charge >= 0.3 is 0 Å². The van der Waals surface area contributed by atoms with Crippen LogP contribution in [0.3, 0.4) is 0 Å². The van der Waals surface area contributed by atoms with Gasteiger partial charge in [-0.2, -0.15) is 0 Å². The number of hydrogen-bond acceptors (Lipinski definition) is 5. The van der Waals surface area contributed by atoms with Gasteiger partial charge in [-0.25, -0.2) is 9.97 Å². The Hall–Kier alpha value is -1.92. The number of anilines is 1. The summed E-state index contributed by atoms with van der Waals surface area (Å²) in [6, 6.07) is 5.92. The molecule has 2 aliphatic heterocycles. The molecule has 0 aromatic carbocycles. The van der Waals surface area contributed by atoms with Crippen LogP contribution in [0.4, 0.5) is 5.82 Å². The molecule has 2 aromatic heterocycles. The zero-order chi connectivity index (χ0) is 16.2. The summed E-state index contributed by atoms with van der Waals surface area (Å²) in [7, 11) is 0. The fourth-order valence-corrected chi connectivity index (χ4v) is 3.60. The summed E-state index contributed by atoms with van der Waals surface area (Å²) in [5.41, 5.74) is 1.24. The third kappa shape index (κ3) is 3.60. The van der Waals surface area contributed by atoms with Crippen LogP contribution in [0, 0.1) is 5.92 Å². The second-order valence-corrected chi connectivity index (χ2v) is 6.67. The first-order chi connectivity index (χ1) is 11.9. The lowest BCUT2D eigenvalue weighted by Crippen LogP contribution is -2.32. The molecule has 2 aliphatic rings. The maximum Gasteiger partial charge on any atom is 0.126 e. The smallest absolute Gasteiger partial charge is 0.126 e. The summed E-state index contributed by atoms with van der Waals surface area (Å²) in [6.07, 6.45) is 6.05. The molecular formula is C18H25N5O. The quantitative estimate of drug-likeness (QED) is 0.907. The molecule has 0 aliphatic carbocycles. The van der Waals surface area contributed by atoms with Crippen molar-refractivity contribution >= 4 is 5.82 Å². The van der Waals surface area contributed by atoms with Crippen molar-refractivity contribution in [1.29, 1.82) is 0 Å². The van der Waals surface area contributed by atoms with E-state index < -0.39 is 0 Å². The van der Waals surface area contributed by atoms with E-state index >= 15 is 0 Å². The highest BCUT2D eigenvalue weighted by Crippen LogP contribution is 2.17. The minimum absolute atomic E-state index is 0.709. The Balaban J connectivity index is 1.36. The predicted octanol–water partition coefficient (Wildman–Crippen LogP) is 1.78. The molecule has 6 heteroatoms. The van der Waals surface area contributed by atoms with Crippen LogP contribution in [-0.2, 0) is 24.2 Å². The zero-order valence-electron chi connectivity index (χ0n) is 14.0. The van der Waals surface area contributed by atoms with Gasteiger partial charge in [0.25, 0.3) is 0 Å². The van der Waals surface area contributed by atoms with Crippen molar-refractivity contribution in [3.05, 3.63) is 42.1 Å². The molecule has 1 N–H and O–H groups in total. The van der Waals surface area contributed by atoms with Crippen LogP contribution in [-0.4, -0.2) is 52.3 Å². The Labute approximate surface area is 142 Å². The highest BCUT2D eigenvalue weighted by Gasteiger charge is 2.22. The molecule has 1 unspecified atom stereocenters. The molecule has 4 heterocycles. The van der Waals surface area contributed by atoms with Gasteiger partial charge in [-0.05, 0) is 24.5 Å². The molecule has 1 fully saturated rings. The maximum atomic E-state index is 5.51. The van der Waals surface area contributed by atoms with E-state index in [0.717, 1.165) is 58.2 Å². The number of ether oxygens (including phenoxy) is 1. The molecule has 2 aromatic rings. The molecule has 0 bridgehead atoms. The van der Waals surface area contributed by atoms with E-state index in [1.54, 1.807) is 0 Å². The van der Waals surface area contributed by atoms with E-state index in [-0.39, 0.29) is 0 Å². The van der Waals surface area contributed by atoms with Crippen LogP contribution in [0.25, 0.3) is 0 Å². The summed E-state index contributed by atoms with van der Waals surface area (Å²) in [4.78, 5) is 11.5. The fraction of sp³-hybridized carbons (Fsp3) is 0.556. The van der Waals surface area contributed by atoms with E-state index in [2.05, 4.69) is 24.8 Å². The van der Waals surface area contributed by atoms with Gasteiger partial charge in [0.2, 0.25) is 0 Å². The molecule has 0 spiro atoms. The number of imidazole rings is 1. The summed E-state index contributed by atoms with van der Waals surface area (Å²) in [5, 5.41) is 3.39. The van der Waals surface area contributed by atoms with Crippen molar-refractivity contribution in [2.45, 2.75) is 25.9 Å². The third-order valence-electron chi connectivity index (χ3n) is 4.97. The average molecular weight is 327 g/mol. The maximum absolute atomic E-state index is 5.51. The van der Waals surface area contributed by atoms with Gasteiger partial charge in [0.1, 0.15) is 11.6 Å². The minimum atomic E-state index is 0.709. The monoisotopic (exact) mass is 327 g/mol. The van der Waals surface area contributed by atoms with Crippen LogP contribution in [0.1, 0.15) is 17.9 Å². The van der Waals surface area contributed by atoms with Crippen molar-refractivity contribution in [1.82, 2.24) is 19.4 Å². The van der Waals surface area contributed by atoms with Crippen molar-refractivity contribution in [2.24, 2.45) is 5.92 Å². The topological polar surface area (TPSA) is 55.2 Å². The molecule has 24 heavy (non-hydrogen) atoms. The molecule has 128 valence electrons. The van der Waals surface area contributed by atoms with Crippen LogP contribution in [0.5, 0.6) is 0 Å². The lowest BCUT2D eigenvalue weighted by Gasteiger charge is -2.22. The van der Waals surface area contributed by atoms with E-state index in [9.17, 15) is 0 Å². The molecule has 1 saturated heterocycles. The van der Waals surface area contributed by atoms with E-state index in [1.165, 1.54) is 17.9 Å². The molecule has 0 saturated carbocycles. The standard InChI is InChI=1S/C18H25N5O/c1-2-6-19-17(3-1)20-11-16-12-21-18-4-7-22(8-9-23(16)18)13-15-5-10-24-14-15/h1-3,6,12,15H,4-5,7-11,13-14H2,(H,19,20). The second kappa shape index (κ2) is 7.32. The number of rotatable bonds is 5. The number of pyridine rings is 1. The van der Waals surface area contributed by atoms with Gasteiger partial charge in [-0.15, -0.1) is 0 Å². The fourth-order valence-electron chi connectivity index (χ4n) is 3.60. The van der Waals surface area contributed by atoms with Crippen LogP contribution >= 0.6 is 0 Å². The zero-order valence-corrected chi connectivity index (χ0v) is 14.0. The number of fused-ring (bicyclic) bond motifs is 1. The second-order valence-electron chi connectivity index (χ2n) is 6.67. The van der Waals surface area contributed by atoms with E-state index in [0.29, 0.717) is 5.92 Å². The average Bonchev–Trinajstić information content (AvgIpc) is 3.21. The van der Waals surface area contributed by atoms with Gasteiger partial charge in [-0.3, -0.25) is 0 Å². The van der Waals surface area contributed by atoms with Gasteiger partial charge in [0.05, 0.1) is 25.0 Å². The van der Waals surface area contributed by atoms with Crippen LogP contribution in [0.2, 0.25) is 0 Å². The number of hydrogen-bond donors (Lipinski definition) is 1. The first-order valence-corrected chi connectivity index (χ1v) is 8.87. The molecular weight excluding hydrogens is 302 g/mol. The summed E-state index contributed by atoms with van der Waals surface area (Å²) < 4.78 is 7.89. The van der Waals surface area contributed by atoms with Crippen LogP contribution in [0.15, 0.2) is 30.6 Å². The molecule has 0 radical (unpaired) electrons. The summed E-state index contributed by atoms with van der Waals surface area (Å²) in [6.45, 7) is 7.00. The van der Waals surface area contributed by atoms with Crippen molar-refractivity contribution in [3.63, 3.8) is 0 Å². The Morgan fingerprint density at radius 2 is 2.21 bits per heavy atom. The largest absolute Gasteiger partial charge is 0.381 e.